The van der Waals surface area contributed by atoms with Gasteiger partial charge in [-0.1, -0.05) is 37.3 Å². The Morgan fingerprint density at radius 3 is 2.66 bits per heavy atom. The zero-order valence-electron chi connectivity index (χ0n) is 17.7. The van der Waals surface area contributed by atoms with Gasteiger partial charge in [0.25, 0.3) is 5.56 Å². The molecule has 2 aromatic rings. The largest absolute Gasteiger partial charge is 0.372 e. The maximum Gasteiger partial charge on any atom is 0.255 e. The van der Waals surface area contributed by atoms with Crippen LogP contribution in [0.2, 0.25) is 0 Å². The molecule has 29 heavy (non-hydrogen) atoms. The van der Waals surface area contributed by atoms with Crippen molar-refractivity contribution in [3.63, 3.8) is 0 Å². The molecule has 3 heterocycles. The molecule has 156 valence electrons. The van der Waals surface area contributed by atoms with E-state index in [1.54, 1.807) is 0 Å². The Hall–Kier alpha value is -2.18. The summed E-state index contributed by atoms with van der Waals surface area (Å²) in [6, 6.07) is 10.7. The number of nitrogens with one attached hydrogen (secondary N) is 1. The van der Waals surface area contributed by atoms with Gasteiger partial charge in [-0.25, -0.2) is 4.98 Å². The number of hydrogen-bond acceptors (Lipinski definition) is 5. The van der Waals surface area contributed by atoms with Crippen LogP contribution in [0.4, 0.5) is 5.95 Å². The molecule has 6 heteroatoms. The number of ether oxygens (including phenoxy) is 1. The van der Waals surface area contributed by atoms with Crippen LogP contribution in [-0.2, 0) is 17.7 Å². The molecule has 4 rings (SSSR count). The molecule has 6 nitrogen and oxygen atoms in total. The van der Waals surface area contributed by atoms with E-state index in [-0.39, 0.29) is 17.8 Å². The maximum absolute atomic E-state index is 12.7. The highest BCUT2D eigenvalue weighted by Crippen LogP contribution is 2.22. The Bertz CT molecular complexity index is 872. The van der Waals surface area contributed by atoms with Crippen molar-refractivity contribution in [2.75, 3.05) is 31.1 Å². The van der Waals surface area contributed by atoms with Gasteiger partial charge < -0.3 is 9.64 Å². The number of aromatic nitrogens is 2. The third-order valence-electron chi connectivity index (χ3n) is 6.11. The van der Waals surface area contributed by atoms with Crippen LogP contribution in [0.1, 0.15) is 49.9 Å². The summed E-state index contributed by atoms with van der Waals surface area (Å²) in [5.41, 5.74) is 3.20. The van der Waals surface area contributed by atoms with Gasteiger partial charge in [0.15, 0.2) is 0 Å². The lowest BCUT2D eigenvalue weighted by molar-refractivity contribution is -0.00576. The van der Waals surface area contributed by atoms with Crippen molar-refractivity contribution >= 4 is 5.95 Å². The van der Waals surface area contributed by atoms with E-state index in [9.17, 15) is 4.79 Å². The number of hydrogen-bond donors (Lipinski definition) is 1. The second-order valence-corrected chi connectivity index (χ2v) is 8.60. The summed E-state index contributed by atoms with van der Waals surface area (Å²) in [5, 5.41) is 0. The van der Waals surface area contributed by atoms with Gasteiger partial charge in [-0.2, -0.15) is 0 Å². The number of aromatic amines is 1. The lowest BCUT2D eigenvalue weighted by atomic mass is 9.97. The van der Waals surface area contributed by atoms with Crippen molar-refractivity contribution in [2.24, 2.45) is 0 Å². The molecule has 1 aromatic heterocycles. The average Bonchev–Trinajstić information content (AvgIpc) is 2.71. The van der Waals surface area contributed by atoms with Crippen molar-refractivity contribution in [3.8, 4) is 0 Å². The topological polar surface area (TPSA) is 61.5 Å². The molecule has 2 aliphatic heterocycles. The average molecular weight is 397 g/mol. The molecule has 1 fully saturated rings. The van der Waals surface area contributed by atoms with Crippen molar-refractivity contribution < 1.29 is 4.74 Å². The zero-order valence-corrected chi connectivity index (χ0v) is 17.7. The second-order valence-electron chi connectivity index (χ2n) is 8.60. The molecule has 3 unspecified atom stereocenters. The highest BCUT2D eigenvalue weighted by atomic mass is 16.5. The number of benzene rings is 1. The standard InChI is InChI=1S/C23H32N4O2/c1-16(19-7-5-4-6-8-19)9-11-26-12-10-20-21(15-26)24-23(25-22(20)28)27-13-17(2)29-18(3)14-27/h4-8,16-18H,9-15H2,1-3H3,(H,24,25,28). The van der Waals surface area contributed by atoms with Crippen molar-refractivity contribution in [2.45, 2.75) is 58.3 Å². The predicted octanol–water partition coefficient (Wildman–Crippen LogP) is 2.94. The molecular formula is C23H32N4O2. The molecular weight excluding hydrogens is 364 g/mol. The van der Waals surface area contributed by atoms with Crippen LogP contribution in [0, 0.1) is 0 Å². The fourth-order valence-corrected chi connectivity index (χ4v) is 4.50. The maximum atomic E-state index is 12.7. The van der Waals surface area contributed by atoms with E-state index in [0.717, 1.165) is 56.8 Å². The van der Waals surface area contributed by atoms with E-state index >= 15 is 0 Å². The minimum atomic E-state index is 0.0223. The normalized spacial score (nSPS) is 23.6. The minimum absolute atomic E-state index is 0.0223. The first-order valence-corrected chi connectivity index (χ1v) is 10.8. The molecule has 1 N–H and O–H groups in total. The van der Waals surface area contributed by atoms with Crippen LogP contribution in [0.3, 0.4) is 0 Å². The Morgan fingerprint density at radius 2 is 1.93 bits per heavy atom. The molecule has 0 aliphatic carbocycles. The lowest BCUT2D eigenvalue weighted by Crippen LogP contribution is -2.47. The van der Waals surface area contributed by atoms with E-state index in [0.29, 0.717) is 11.9 Å². The molecule has 0 saturated carbocycles. The summed E-state index contributed by atoms with van der Waals surface area (Å²) >= 11 is 0. The summed E-state index contributed by atoms with van der Waals surface area (Å²) in [7, 11) is 0. The first kappa shape index (κ1) is 20.1. The number of morpholine rings is 1. The van der Waals surface area contributed by atoms with E-state index in [1.165, 1.54) is 5.56 Å². The smallest absolute Gasteiger partial charge is 0.255 e. The van der Waals surface area contributed by atoms with Crippen LogP contribution in [0.5, 0.6) is 0 Å². The highest BCUT2D eigenvalue weighted by Gasteiger charge is 2.27. The van der Waals surface area contributed by atoms with Gasteiger partial charge >= 0.3 is 0 Å². The fraction of sp³-hybridized carbons (Fsp3) is 0.565. The Balaban J connectivity index is 1.44. The molecule has 3 atom stereocenters. The van der Waals surface area contributed by atoms with Gasteiger partial charge in [0, 0.05) is 31.7 Å². The van der Waals surface area contributed by atoms with Gasteiger partial charge in [0.05, 0.1) is 17.9 Å². The monoisotopic (exact) mass is 396 g/mol. The van der Waals surface area contributed by atoms with E-state index < -0.39 is 0 Å². The Kier molecular flexibility index (Phi) is 6.01. The van der Waals surface area contributed by atoms with Gasteiger partial charge in [-0.05, 0) is 44.7 Å². The first-order valence-electron chi connectivity index (χ1n) is 10.8. The molecule has 1 aromatic carbocycles. The lowest BCUT2D eigenvalue weighted by Gasteiger charge is -2.36. The summed E-state index contributed by atoms with van der Waals surface area (Å²) in [6.07, 6.45) is 2.15. The molecule has 0 radical (unpaired) electrons. The second kappa shape index (κ2) is 8.67. The van der Waals surface area contributed by atoms with Crippen LogP contribution in [0.25, 0.3) is 0 Å². The van der Waals surface area contributed by atoms with E-state index in [1.807, 2.05) is 0 Å². The number of nitrogens with zero attached hydrogens (tertiary/aromatic N) is 3. The van der Waals surface area contributed by atoms with E-state index in [2.05, 4.69) is 65.9 Å². The third-order valence-corrected chi connectivity index (χ3v) is 6.11. The number of anilines is 1. The molecule has 0 amide bonds. The summed E-state index contributed by atoms with van der Waals surface area (Å²) in [4.78, 5) is 25.2. The number of H-pyrrole nitrogens is 1. The fourth-order valence-electron chi connectivity index (χ4n) is 4.50. The van der Waals surface area contributed by atoms with Gasteiger partial charge in [0.2, 0.25) is 5.95 Å². The molecule has 0 bridgehead atoms. The van der Waals surface area contributed by atoms with Gasteiger partial charge in [-0.15, -0.1) is 0 Å². The SMILES string of the molecule is CC1CN(c2nc3c(c(=O)[nH]2)CCN(CCC(C)c2ccccc2)C3)CC(C)O1. The van der Waals surface area contributed by atoms with Crippen LogP contribution in [0.15, 0.2) is 35.1 Å². The molecule has 0 spiro atoms. The minimum Gasteiger partial charge on any atom is -0.372 e. The molecule has 2 aliphatic rings. The summed E-state index contributed by atoms with van der Waals surface area (Å²) in [5.74, 6) is 1.21. The van der Waals surface area contributed by atoms with Gasteiger partial charge in [0.1, 0.15) is 0 Å². The van der Waals surface area contributed by atoms with Crippen LogP contribution in [-0.4, -0.2) is 53.3 Å². The highest BCUT2D eigenvalue weighted by molar-refractivity contribution is 5.35. The third kappa shape index (κ3) is 4.70. The Labute approximate surface area is 172 Å². The molecule has 1 saturated heterocycles. The van der Waals surface area contributed by atoms with Crippen molar-refractivity contribution in [1.82, 2.24) is 14.9 Å². The Morgan fingerprint density at radius 1 is 1.21 bits per heavy atom. The summed E-state index contributed by atoms with van der Waals surface area (Å²) in [6.45, 7) is 10.6. The van der Waals surface area contributed by atoms with Gasteiger partial charge in [-0.3, -0.25) is 14.7 Å². The zero-order chi connectivity index (χ0) is 20.4. The van der Waals surface area contributed by atoms with Crippen LogP contribution >= 0.6 is 0 Å². The predicted molar refractivity (Wildman–Crippen MR) is 116 cm³/mol. The quantitative estimate of drug-likeness (QED) is 0.842. The van der Waals surface area contributed by atoms with Crippen LogP contribution < -0.4 is 10.5 Å². The number of rotatable bonds is 5. The van der Waals surface area contributed by atoms with Crippen molar-refractivity contribution in [3.05, 3.63) is 57.5 Å². The number of fused-ring (bicyclic) bond motifs is 1. The van der Waals surface area contributed by atoms with Crippen molar-refractivity contribution in [1.29, 1.82) is 0 Å². The summed E-state index contributed by atoms with van der Waals surface area (Å²) < 4.78 is 5.82. The first-order chi connectivity index (χ1) is 14.0. The van der Waals surface area contributed by atoms with E-state index in [4.69, 9.17) is 9.72 Å².